The summed E-state index contributed by atoms with van der Waals surface area (Å²) in [7, 11) is 1.66. The molecule has 0 aromatic heterocycles. The van der Waals surface area contributed by atoms with Crippen LogP contribution >= 0.6 is 15.9 Å². The van der Waals surface area contributed by atoms with E-state index in [2.05, 4.69) is 41.2 Å². The highest BCUT2D eigenvalue weighted by Gasteiger charge is 2.09. The summed E-state index contributed by atoms with van der Waals surface area (Å²) < 4.78 is 17.0. The summed E-state index contributed by atoms with van der Waals surface area (Å²) in [4.78, 5) is 0. The monoisotopic (exact) mass is 359 g/mol. The Morgan fingerprint density at radius 3 is 2.62 bits per heavy atom. The molecule has 0 saturated carbocycles. The number of halogens is 1. The van der Waals surface area contributed by atoms with Crippen molar-refractivity contribution in [2.24, 2.45) is 0 Å². The Labute approximate surface area is 136 Å². The molecule has 0 fully saturated rings. The first-order chi connectivity index (χ1) is 10.2. The molecule has 0 spiro atoms. The molecule has 0 aliphatic heterocycles. The normalized spacial score (nSPS) is 12.4. The van der Waals surface area contributed by atoms with E-state index in [4.69, 9.17) is 14.2 Å². The number of hydrogen-bond donors (Lipinski definition) is 1. The van der Waals surface area contributed by atoms with Crippen molar-refractivity contribution in [2.45, 2.75) is 26.3 Å². The molecule has 120 valence electrons. The van der Waals surface area contributed by atoms with Crippen molar-refractivity contribution in [1.82, 2.24) is 5.32 Å². The highest BCUT2D eigenvalue weighted by atomic mass is 79.9. The van der Waals surface area contributed by atoms with E-state index in [-0.39, 0.29) is 0 Å². The second kappa shape index (κ2) is 11.0. The second-order valence-corrected chi connectivity index (χ2v) is 5.67. The van der Waals surface area contributed by atoms with Crippen LogP contribution in [-0.2, 0) is 9.47 Å². The first-order valence-corrected chi connectivity index (χ1v) is 8.20. The minimum absolute atomic E-state index is 0.325. The van der Waals surface area contributed by atoms with Crippen LogP contribution in [0.5, 0.6) is 5.75 Å². The number of rotatable bonds is 11. The molecule has 1 atom stereocenters. The topological polar surface area (TPSA) is 39.7 Å². The van der Waals surface area contributed by atoms with Crippen LogP contribution in [0.4, 0.5) is 0 Å². The summed E-state index contributed by atoms with van der Waals surface area (Å²) in [6.45, 7) is 7.67. The van der Waals surface area contributed by atoms with Crippen LogP contribution in [0.1, 0.15) is 31.9 Å². The maximum Gasteiger partial charge on any atom is 0.120 e. The zero-order chi connectivity index (χ0) is 15.5. The smallest absolute Gasteiger partial charge is 0.120 e. The molecule has 0 bridgehead atoms. The van der Waals surface area contributed by atoms with Crippen LogP contribution < -0.4 is 10.1 Å². The van der Waals surface area contributed by atoms with Gasteiger partial charge in [0.2, 0.25) is 0 Å². The Balaban J connectivity index is 2.39. The summed E-state index contributed by atoms with van der Waals surface area (Å²) in [5, 5.41) is 3.48. The van der Waals surface area contributed by atoms with E-state index in [9.17, 15) is 0 Å². The van der Waals surface area contributed by atoms with Gasteiger partial charge in [0.05, 0.1) is 19.8 Å². The van der Waals surface area contributed by atoms with Crippen molar-refractivity contribution < 1.29 is 14.2 Å². The van der Waals surface area contributed by atoms with Gasteiger partial charge in [0.25, 0.3) is 0 Å². The minimum atomic E-state index is 0.325. The van der Waals surface area contributed by atoms with Crippen molar-refractivity contribution in [3.63, 3.8) is 0 Å². The predicted octanol–water partition coefficient (Wildman–Crippen LogP) is 3.55. The van der Waals surface area contributed by atoms with Gasteiger partial charge < -0.3 is 19.5 Å². The summed E-state index contributed by atoms with van der Waals surface area (Å²) in [6.07, 6.45) is 1.13. The van der Waals surface area contributed by atoms with Gasteiger partial charge in [-0.05, 0) is 37.6 Å². The van der Waals surface area contributed by atoms with Crippen LogP contribution in [0.2, 0.25) is 0 Å². The average molecular weight is 360 g/mol. The van der Waals surface area contributed by atoms with E-state index >= 15 is 0 Å². The summed E-state index contributed by atoms with van der Waals surface area (Å²) in [6, 6.07) is 6.43. The Morgan fingerprint density at radius 2 is 1.95 bits per heavy atom. The van der Waals surface area contributed by atoms with Gasteiger partial charge >= 0.3 is 0 Å². The Hall–Kier alpha value is -0.620. The van der Waals surface area contributed by atoms with Gasteiger partial charge in [0.15, 0.2) is 0 Å². The molecule has 1 aromatic rings. The zero-order valence-corrected chi connectivity index (χ0v) is 14.7. The van der Waals surface area contributed by atoms with Gasteiger partial charge in [-0.2, -0.15) is 0 Å². The van der Waals surface area contributed by atoms with E-state index in [1.54, 1.807) is 7.11 Å². The van der Waals surface area contributed by atoms with Gasteiger partial charge in [0.1, 0.15) is 12.4 Å². The fourth-order valence-corrected chi connectivity index (χ4v) is 2.58. The largest absolute Gasteiger partial charge is 0.491 e. The third-order valence-corrected chi connectivity index (χ3v) is 3.75. The predicted molar refractivity (Wildman–Crippen MR) is 89.0 cm³/mol. The van der Waals surface area contributed by atoms with Crippen LogP contribution in [0.25, 0.3) is 0 Å². The molecule has 21 heavy (non-hydrogen) atoms. The molecule has 0 saturated heterocycles. The lowest BCUT2D eigenvalue weighted by Crippen LogP contribution is -2.19. The van der Waals surface area contributed by atoms with Crippen molar-refractivity contribution in [1.29, 1.82) is 0 Å². The third kappa shape index (κ3) is 7.27. The maximum absolute atomic E-state index is 5.67. The molecule has 4 nitrogen and oxygen atoms in total. The second-order valence-electron chi connectivity index (χ2n) is 4.81. The van der Waals surface area contributed by atoms with E-state index in [0.29, 0.717) is 32.5 Å². The standard InChI is InChI=1S/C16H26BrNO3/c1-4-7-18-13(2)15-6-5-14(12-16(15)17)21-11-10-20-9-8-19-3/h5-6,12-13,18H,4,7-11H2,1-3H3. The van der Waals surface area contributed by atoms with E-state index in [0.717, 1.165) is 23.2 Å². The molecule has 0 heterocycles. The maximum atomic E-state index is 5.67. The van der Waals surface area contributed by atoms with Gasteiger partial charge in [-0.25, -0.2) is 0 Å². The number of nitrogens with one attached hydrogen (secondary N) is 1. The number of hydrogen-bond acceptors (Lipinski definition) is 4. The Bertz CT molecular complexity index is 401. The number of benzene rings is 1. The first-order valence-electron chi connectivity index (χ1n) is 7.41. The SMILES string of the molecule is CCCNC(C)c1ccc(OCCOCCOC)cc1Br. The van der Waals surface area contributed by atoms with E-state index in [1.807, 2.05) is 12.1 Å². The first kappa shape index (κ1) is 18.4. The average Bonchev–Trinajstić information content (AvgIpc) is 2.48. The quantitative estimate of drug-likeness (QED) is 0.613. The fourth-order valence-electron chi connectivity index (χ4n) is 1.88. The van der Waals surface area contributed by atoms with Crippen molar-refractivity contribution in [3.8, 4) is 5.75 Å². The van der Waals surface area contributed by atoms with Crippen LogP contribution in [0.15, 0.2) is 22.7 Å². The Morgan fingerprint density at radius 1 is 1.19 bits per heavy atom. The summed E-state index contributed by atoms with van der Waals surface area (Å²) in [5.41, 5.74) is 1.24. The molecule has 1 aromatic carbocycles. The van der Waals surface area contributed by atoms with E-state index in [1.165, 1.54) is 5.56 Å². The van der Waals surface area contributed by atoms with Gasteiger partial charge in [-0.15, -0.1) is 0 Å². The van der Waals surface area contributed by atoms with Crippen LogP contribution in [0.3, 0.4) is 0 Å². The highest BCUT2D eigenvalue weighted by Crippen LogP contribution is 2.27. The van der Waals surface area contributed by atoms with Crippen LogP contribution in [0, 0.1) is 0 Å². The molecule has 0 amide bonds. The molecular formula is C16H26BrNO3. The molecule has 1 rings (SSSR count). The number of ether oxygens (including phenoxy) is 3. The third-order valence-electron chi connectivity index (χ3n) is 3.07. The van der Waals surface area contributed by atoms with Crippen molar-refractivity contribution in [3.05, 3.63) is 28.2 Å². The van der Waals surface area contributed by atoms with Crippen LogP contribution in [-0.4, -0.2) is 40.1 Å². The van der Waals surface area contributed by atoms with Gasteiger partial charge in [-0.1, -0.05) is 28.9 Å². The summed E-state index contributed by atoms with van der Waals surface area (Å²) in [5.74, 6) is 0.851. The molecule has 0 aliphatic carbocycles. The Kier molecular flexibility index (Phi) is 9.67. The van der Waals surface area contributed by atoms with Crippen molar-refractivity contribution >= 4 is 15.9 Å². The molecule has 1 unspecified atom stereocenters. The number of methoxy groups -OCH3 is 1. The lowest BCUT2D eigenvalue weighted by atomic mass is 10.1. The van der Waals surface area contributed by atoms with Gasteiger partial charge in [-0.3, -0.25) is 0 Å². The van der Waals surface area contributed by atoms with E-state index < -0.39 is 0 Å². The summed E-state index contributed by atoms with van der Waals surface area (Å²) >= 11 is 3.62. The zero-order valence-electron chi connectivity index (χ0n) is 13.2. The highest BCUT2D eigenvalue weighted by molar-refractivity contribution is 9.10. The molecular weight excluding hydrogens is 334 g/mol. The fraction of sp³-hybridized carbons (Fsp3) is 0.625. The molecule has 0 aliphatic rings. The molecule has 0 radical (unpaired) electrons. The molecule has 1 N–H and O–H groups in total. The lowest BCUT2D eigenvalue weighted by molar-refractivity contribution is 0.0544. The van der Waals surface area contributed by atoms with Gasteiger partial charge in [0, 0.05) is 17.6 Å². The molecule has 5 heteroatoms. The van der Waals surface area contributed by atoms with Crippen molar-refractivity contribution in [2.75, 3.05) is 40.1 Å². The lowest BCUT2D eigenvalue weighted by Gasteiger charge is -2.16. The minimum Gasteiger partial charge on any atom is -0.491 e.